The SMILES string of the molecule is CNC(=O)CCNCc1cc(C(=O)OC)c(C)o1. The van der Waals surface area contributed by atoms with Crippen LogP contribution in [0.15, 0.2) is 10.5 Å². The highest BCUT2D eigenvalue weighted by atomic mass is 16.5. The molecule has 0 spiro atoms. The monoisotopic (exact) mass is 254 g/mol. The van der Waals surface area contributed by atoms with E-state index in [9.17, 15) is 9.59 Å². The van der Waals surface area contributed by atoms with Crippen LogP contribution in [0, 0.1) is 6.92 Å². The Morgan fingerprint density at radius 2 is 2.17 bits per heavy atom. The van der Waals surface area contributed by atoms with Crippen LogP contribution in [0.25, 0.3) is 0 Å². The van der Waals surface area contributed by atoms with E-state index in [4.69, 9.17) is 4.42 Å². The first-order valence-corrected chi connectivity index (χ1v) is 5.67. The number of amides is 1. The lowest BCUT2D eigenvalue weighted by molar-refractivity contribution is -0.120. The highest BCUT2D eigenvalue weighted by molar-refractivity contribution is 5.90. The van der Waals surface area contributed by atoms with Crippen molar-refractivity contribution in [3.05, 3.63) is 23.2 Å². The van der Waals surface area contributed by atoms with E-state index in [1.54, 1.807) is 20.0 Å². The molecule has 0 atom stereocenters. The van der Waals surface area contributed by atoms with Gasteiger partial charge in [0.15, 0.2) is 0 Å². The average molecular weight is 254 g/mol. The van der Waals surface area contributed by atoms with Crippen LogP contribution < -0.4 is 10.6 Å². The van der Waals surface area contributed by atoms with E-state index in [0.29, 0.717) is 36.6 Å². The third kappa shape index (κ3) is 3.89. The fraction of sp³-hybridized carbons (Fsp3) is 0.500. The van der Waals surface area contributed by atoms with Gasteiger partial charge in [0.25, 0.3) is 0 Å². The number of rotatable bonds is 6. The first-order valence-electron chi connectivity index (χ1n) is 5.67. The molecule has 1 aromatic heterocycles. The summed E-state index contributed by atoms with van der Waals surface area (Å²) in [6.07, 6.45) is 0.403. The first-order chi connectivity index (χ1) is 8.58. The molecule has 1 aromatic rings. The molecular formula is C12H18N2O4. The maximum absolute atomic E-state index is 11.4. The quantitative estimate of drug-likeness (QED) is 0.574. The number of carbonyl (C=O) groups is 2. The summed E-state index contributed by atoms with van der Waals surface area (Å²) in [7, 11) is 2.93. The Kier molecular flexibility index (Phi) is 5.38. The molecule has 1 rings (SSSR count). The molecular weight excluding hydrogens is 236 g/mol. The molecule has 0 saturated carbocycles. The molecule has 0 radical (unpaired) electrons. The van der Waals surface area contributed by atoms with Crippen LogP contribution in [-0.4, -0.2) is 32.6 Å². The van der Waals surface area contributed by atoms with Crippen LogP contribution >= 0.6 is 0 Å². The third-order valence-electron chi connectivity index (χ3n) is 2.48. The highest BCUT2D eigenvalue weighted by Gasteiger charge is 2.14. The molecule has 0 saturated heterocycles. The van der Waals surface area contributed by atoms with E-state index in [2.05, 4.69) is 15.4 Å². The summed E-state index contributed by atoms with van der Waals surface area (Å²) in [6.45, 7) is 2.72. The second kappa shape index (κ2) is 6.80. The topological polar surface area (TPSA) is 80.6 Å². The number of carbonyl (C=O) groups excluding carboxylic acids is 2. The van der Waals surface area contributed by atoms with Gasteiger partial charge in [0.05, 0.1) is 13.7 Å². The van der Waals surface area contributed by atoms with E-state index in [1.165, 1.54) is 7.11 Å². The summed E-state index contributed by atoms with van der Waals surface area (Å²) in [4.78, 5) is 22.3. The number of esters is 1. The van der Waals surface area contributed by atoms with Crippen molar-refractivity contribution >= 4 is 11.9 Å². The van der Waals surface area contributed by atoms with Crippen LogP contribution in [-0.2, 0) is 16.1 Å². The first kappa shape index (κ1) is 14.2. The van der Waals surface area contributed by atoms with E-state index < -0.39 is 5.97 Å². The zero-order chi connectivity index (χ0) is 13.5. The molecule has 0 bridgehead atoms. The fourth-order valence-electron chi connectivity index (χ4n) is 1.48. The summed E-state index contributed by atoms with van der Waals surface area (Å²) in [5.74, 6) is 0.746. The van der Waals surface area contributed by atoms with Crippen molar-refractivity contribution in [1.82, 2.24) is 10.6 Å². The minimum absolute atomic E-state index is 0.0200. The Labute approximate surface area is 106 Å². The van der Waals surface area contributed by atoms with Crippen molar-refractivity contribution in [2.24, 2.45) is 0 Å². The molecule has 6 heteroatoms. The van der Waals surface area contributed by atoms with Crippen LogP contribution in [0.2, 0.25) is 0 Å². The van der Waals surface area contributed by atoms with E-state index in [0.717, 1.165) is 0 Å². The van der Waals surface area contributed by atoms with Crippen molar-refractivity contribution in [3.8, 4) is 0 Å². The summed E-state index contributed by atoms with van der Waals surface area (Å²) in [5.41, 5.74) is 0.431. The molecule has 1 amide bonds. The van der Waals surface area contributed by atoms with E-state index >= 15 is 0 Å². The molecule has 0 aliphatic carbocycles. The molecule has 2 N–H and O–H groups in total. The summed E-state index contributed by atoms with van der Waals surface area (Å²) < 4.78 is 10.0. The Bertz CT molecular complexity index is 426. The number of hydrogen-bond donors (Lipinski definition) is 2. The number of hydrogen-bond acceptors (Lipinski definition) is 5. The maximum Gasteiger partial charge on any atom is 0.341 e. The van der Waals surface area contributed by atoms with E-state index in [1.807, 2.05) is 0 Å². The maximum atomic E-state index is 11.4. The van der Waals surface area contributed by atoms with Crippen LogP contribution in [0.4, 0.5) is 0 Å². The van der Waals surface area contributed by atoms with Crippen LogP contribution in [0.5, 0.6) is 0 Å². The molecule has 18 heavy (non-hydrogen) atoms. The van der Waals surface area contributed by atoms with Gasteiger partial charge in [0.1, 0.15) is 17.1 Å². The molecule has 0 unspecified atom stereocenters. The minimum atomic E-state index is -0.409. The second-order valence-electron chi connectivity index (χ2n) is 3.77. The standard InChI is InChI=1S/C12H18N2O4/c1-8-10(12(16)17-3)6-9(18-8)7-14-5-4-11(15)13-2/h6,14H,4-5,7H2,1-3H3,(H,13,15). The molecule has 0 aliphatic rings. The molecule has 0 fully saturated rings. The van der Waals surface area contributed by atoms with Gasteiger partial charge < -0.3 is 19.8 Å². The Morgan fingerprint density at radius 1 is 1.44 bits per heavy atom. The Morgan fingerprint density at radius 3 is 2.78 bits per heavy atom. The molecule has 100 valence electrons. The second-order valence-corrected chi connectivity index (χ2v) is 3.77. The van der Waals surface area contributed by atoms with Gasteiger partial charge in [-0.25, -0.2) is 4.79 Å². The van der Waals surface area contributed by atoms with Crippen molar-refractivity contribution < 1.29 is 18.7 Å². The van der Waals surface area contributed by atoms with Gasteiger partial charge in [-0.3, -0.25) is 4.79 Å². The van der Waals surface area contributed by atoms with Crippen LogP contribution in [0.3, 0.4) is 0 Å². The van der Waals surface area contributed by atoms with Crippen LogP contribution in [0.1, 0.15) is 28.3 Å². The lowest BCUT2D eigenvalue weighted by Crippen LogP contribution is -2.24. The van der Waals surface area contributed by atoms with Gasteiger partial charge in [0.2, 0.25) is 5.91 Å². The van der Waals surface area contributed by atoms with Crippen molar-refractivity contribution in [1.29, 1.82) is 0 Å². The van der Waals surface area contributed by atoms with Gasteiger partial charge in [-0.05, 0) is 13.0 Å². The van der Waals surface area contributed by atoms with Crippen molar-refractivity contribution in [2.45, 2.75) is 19.9 Å². The fourth-order valence-corrected chi connectivity index (χ4v) is 1.48. The summed E-state index contributed by atoms with van der Waals surface area (Å²) >= 11 is 0. The number of furan rings is 1. The largest absolute Gasteiger partial charge is 0.465 e. The zero-order valence-corrected chi connectivity index (χ0v) is 10.8. The zero-order valence-electron chi connectivity index (χ0n) is 10.8. The lowest BCUT2D eigenvalue weighted by atomic mass is 10.2. The Hall–Kier alpha value is -1.82. The number of aryl methyl sites for hydroxylation is 1. The van der Waals surface area contributed by atoms with Crippen molar-refractivity contribution in [3.63, 3.8) is 0 Å². The predicted octanol–water partition coefficient (Wildman–Crippen LogP) is 0.600. The number of ether oxygens (including phenoxy) is 1. The van der Waals surface area contributed by atoms with Gasteiger partial charge >= 0.3 is 5.97 Å². The lowest BCUT2D eigenvalue weighted by Gasteiger charge is -2.01. The van der Waals surface area contributed by atoms with Crippen molar-refractivity contribution in [2.75, 3.05) is 20.7 Å². The predicted molar refractivity (Wildman–Crippen MR) is 65.2 cm³/mol. The Balaban J connectivity index is 2.44. The smallest absolute Gasteiger partial charge is 0.341 e. The average Bonchev–Trinajstić information content (AvgIpc) is 2.74. The normalized spacial score (nSPS) is 10.2. The third-order valence-corrected chi connectivity index (χ3v) is 2.48. The highest BCUT2D eigenvalue weighted by Crippen LogP contribution is 2.15. The molecule has 1 heterocycles. The van der Waals surface area contributed by atoms with Gasteiger partial charge in [0, 0.05) is 20.0 Å². The number of nitrogens with one attached hydrogen (secondary N) is 2. The minimum Gasteiger partial charge on any atom is -0.465 e. The molecule has 6 nitrogen and oxygen atoms in total. The molecule has 0 aromatic carbocycles. The summed E-state index contributed by atoms with van der Waals surface area (Å²) in [5, 5.41) is 5.59. The van der Waals surface area contributed by atoms with Gasteiger partial charge in [-0.15, -0.1) is 0 Å². The summed E-state index contributed by atoms with van der Waals surface area (Å²) in [6, 6.07) is 1.65. The molecule has 0 aliphatic heterocycles. The number of methoxy groups -OCH3 is 1. The van der Waals surface area contributed by atoms with Gasteiger partial charge in [-0.1, -0.05) is 0 Å². The van der Waals surface area contributed by atoms with E-state index in [-0.39, 0.29) is 5.91 Å². The van der Waals surface area contributed by atoms with Gasteiger partial charge in [-0.2, -0.15) is 0 Å².